The molecule has 0 amide bonds. The minimum absolute atomic E-state index is 0.0106. The van der Waals surface area contributed by atoms with E-state index in [0.717, 1.165) is 30.9 Å². The molecule has 1 saturated carbocycles. The van der Waals surface area contributed by atoms with Crippen molar-refractivity contribution in [2.45, 2.75) is 37.3 Å². The zero-order valence-corrected chi connectivity index (χ0v) is 14.4. The summed E-state index contributed by atoms with van der Waals surface area (Å²) in [5, 5.41) is 16.7. The summed E-state index contributed by atoms with van der Waals surface area (Å²) in [6.45, 7) is 0.597. The maximum absolute atomic E-state index is 11.1. The van der Waals surface area contributed by atoms with Crippen molar-refractivity contribution < 1.29 is 14.6 Å². The number of H-pyrrole nitrogens is 1. The van der Waals surface area contributed by atoms with Crippen molar-refractivity contribution in [3.05, 3.63) is 34.5 Å². The molecule has 0 bridgehead atoms. The maximum atomic E-state index is 11.1. The molecule has 2 N–H and O–H groups in total. The second-order valence-corrected chi connectivity index (χ2v) is 6.86. The number of hydrogen-bond donors (Lipinski definition) is 2. The van der Waals surface area contributed by atoms with Gasteiger partial charge >= 0.3 is 5.97 Å². The first-order valence-corrected chi connectivity index (χ1v) is 8.55. The molecule has 4 rings (SSSR count). The van der Waals surface area contributed by atoms with Crippen LogP contribution < -0.4 is 4.90 Å². The average Bonchev–Trinajstić information content (AvgIpc) is 3.18. The molecule has 2 atom stereocenters. The molecule has 1 saturated heterocycles. The van der Waals surface area contributed by atoms with Gasteiger partial charge in [0.1, 0.15) is 11.6 Å². The number of carbonyl (C=O) groups is 1. The first kappa shape index (κ1) is 16.3. The molecule has 0 unspecified atom stereocenters. The number of aromatic amines is 1. The highest BCUT2D eigenvalue weighted by Gasteiger charge is 2.38. The summed E-state index contributed by atoms with van der Waals surface area (Å²) >= 11 is 6.31. The van der Waals surface area contributed by atoms with E-state index in [1.807, 2.05) is 4.90 Å². The summed E-state index contributed by atoms with van der Waals surface area (Å²) in [5.74, 6) is 1.56. The van der Waals surface area contributed by atoms with E-state index in [-0.39, 0.29) is 17.7 Å². The van der Waals surface area contributed by atoms with Crippen LogP contribution in [0.3, 0.4) is 0 Å². The van der Waals surface area contributed by atoms with Crippen molar-refractivity contribution in [3.63, 3.8) is 0 Å². The Labute approximate surface area is 149 Å². The fourth-order valence-corrected chi connectivity index (χ4v) is 3.46. The first-order chi connectivity index (χ1) is 12.1. The van der Waals surface area contributed by atoms with Crippen molar-refractivity contribution in [2.75, 3.05) is 18.6 Å². The van der Waals surface area contributed by atoms with Crippen LogP contribution in [-0.4, -0.2) is 51.0 Å². The third-order valence-electron chi connectivity index (χ3n) is 4.71. The number of anilines is 1. The van der Waals surface area contributed by atoms with Crippen LogP contribution in [0.15, 0.2) is 12.3 Å². The van der Waals surface area contributed by atoms with Gasteiger partial charge in [0.2, 0.25) is 0 Å². The lowest BCUT2D eigenvalue weighted by atomic mass is 10.2. The van der Waals surface area contributed by atoms with Crippen LogP contribution in [0, 0.1) is 0 Å². The summed E-state index contributed by atoms with van der Waals surface area (Å²) in [6.07, 6.45) is 4.33. The van der Waals surface area contributed by atoms with Gasteiger partial charge in [-0.05, 0) is 18.9 Å². The lowest BCUT2D eigenvalue weighted by Gasteiger charge is -2.24. The summed E-state index contributed by atoms with van der Waals surface area (Å²) < 4.78 is 5.51. The van der Waals surface area contributed by atoms with Gasteiger partial charge in [0.15, 0.2) is 5.82 Å². The number of methoxy groups -OCH3 is 1. The highest BCUT2D eigenvalue weighted by Crippen LogP contribution is 2.41. The van der Waals surface area contributed by atoms with Crippen molar-refractivity contribution in [2.24, 2.45) is 0 Å². The molecule has 2 fully saturated rings. The van der Waals surface area contributed by atoms with Crippen molar-refractivity contribution in [1.82, 2.24) is 20.2 Å². The third-order valence-corrected chi connectivity index (χ3v) is 4.99. The SMILES string of the molecule is CO[C@@H]1C[C@@H](c2nc(C3CC3)n[nH]2)N(c2ncc(C(=O)O)cc2Cl)C1. The summed E-state index contributed by atoms with van der Waals surface area (Å²) in [4.78, 5) is 22.0. The summed E-state index contributed by atoms with van der Waals surface area (Å²) in [6, 6.07) is 1.32. The quantitative estimate of drug-likeness (QED) is 0.840. The van der Waals surface area contributed by atoms with Crippen LogP contribution in [0.1, 0.15) is 53.2 Å². The van der Waals surface area contributed by atoms with Crippen molar-refractivity contribution in [1.29, 1.82) is 0 Å². The smallest absolute Gasteiger partial charge is 0.337 e. The van der Waals surface area contributed by atoms with Crippen molar-refractivity contribution >= 4 is 23.4 Å². The molecule has 1 aliphatic heterocycles. The first-order valence-electron chi connectivity index (χ1n) is 8.17. The number of hydrogen-bond acceptors (Lipinski definition) is 6. The van der Waals surface area contributed by atoms with Crippen LogP contribution in [-0.2, 0) is 4.74 Å². The Kier molecular flexibility index (Phi) is 4.09. The molecule has 0 aromatic carbocycles. The molecule has 0 radical (unpaired) electrons. The van der Waals surface area contributed by atoms with E-state index in [9.17, 15) is 4.79 Å². The van der Waals surface area contributed by atoms with E-state index >= 15 is 0 Å². The maximum Gasteiger partial charge on any atom is 0.337 e. The molecule has 2 aromatic heterocycles. The summed E-state index contributed by atoms with van der Waals surface area (Å²) in [5.41, 5.74) is 0.0588. The van der Waals surface area contributed by atoms with Crippen LogP contribution in [0.4, 0.5) is 5.82 Å². The second kappa shape index (κ2) is 6.27. The van der Waals surface area contributed by atoms with Gasteiger partial charge in [-0.1, -0.05) is 11.6 Å². The molecule has 132 valence electrons. The predicted octanol–water partition coefficient (Wildman–Crippen LogP) is 2.40. The highest BCUT2D eigenvalue weighted by atomic mass is 35.5. The van der Waals surface area contributed by atoms with Gasteiger partial charge < -0.3 is 14.7 Å². The molecule has 2 aromatic rings. The molecule has 25 heavy (non-hydrogen) atoms. The predicted molar refractivity (Wildman–Crippen MR) is 90.1 cm³/mol. The molecular formula is C16H18ClN5O3. The summed E-state index contributed by atoms with van der Waals surface area (Å²) in [7, 11) is 1.67. The molecule has 9 heteroatoms. The largest absolute Gasteiger partial charge is 0.478 e. The number of pyridine rings is 1. The van der Waals surface area contributed by atoms with E-state index in [4.69, 9.17) is 21.4 Å². The number of aromatic carboxylic acids is 1. The third kappa shape index (κ3) is 3.07. The normalized spacial score (nSPS) is 23.2. The van der Waals surface area contributed by atoms with E-state index in [1.54, 1.807) is 7.11 Å². The van der Waals surface area contributed by atoms with Crippen LogP contribution in [0.5, 0.6) is 0 Å². The van der Waals surface area contributed by atoms with E-state index in [1.165, 1.54) is 12.3 Å². The Balaban J connectivity index is 1.66. The lowest BCUT2D eigenvalue weighted by molar-refractivity contribution is 0.0696. The van der Waals surface area contributed by atoms with Gasteiger partial charge in [0.25, 0.3) is 0 Å². The van der Waals surface area contributed by atoms with Gasteiger partial charge in [-0.3, -0.25) is 5.10 Å². The van der Waals surface area contributed by atoms with Gasteiger partial charge in [-0.25, -0.2) is 14.8 Å². The number of carboxylic acids is 1. The number of nitrogens with one attached hydrogen (secondary N) is 1. The van der Waals surface area contributed by atoms with Crippen LogP contribution in [0.25, 0.3) is 0 Å². The van der Waals surface area contributed by atoms with Gasteiger partial charge in [-0.2, -0.15) is 5.10 Å². The average molecular weight is 364 g/mol. The topological polar surface area (TPSA) is 104 Å². The monoisotopic (exact) mass is 363 g/mol. The number of carboxylic acid groups (broad SMARTS) is 1. The van der Waals surface area contributed by atoms with E-state index in [0.29, 0.717) is 23.3 Å². The van der Waals surface area contributed by atoms with Crippen molar-refractivity contribution in [3.8, 4) is 0 Å². The Morgan fingerprint density at radius 1 is 1.48 bits per heavy atom. The Bertz CT molecular complexity index is 807. The fourth-order valence-electron chi connectivity index (χ4n) is 3.18. The molecule has 8 nitrogen and oxygen atoms in total. The highest BCUT2D eigenvalue weighted by molar-refractivity contribution is 6.33. The molecule has 1 aliphatic carbocycles. The standard InChI is InChI=1S/C16H18ClN5O3/c1-25-10-5-12(14-19-13(20-21-14)8-2-3-8)22(7-10)15-11(17)4-9(6-18-15)16(23)24/h4,6,8,10,12H,2-3,5,7H2,1H3,(H,23,24)(H,19,20,21)/t10-,12+/m1/s1. The minimum Gasteiger partial charge on any atom is -0.478 e. The minimum atomic E-state index is -1.06. The zero-order valence-electron chi connectivity index (χ0n) is 13.6. The van der Waals surface area contributed by atoms with Gasteiger partial charge in [0.05, 0.1) is 22.7 Å². The van der Waals surface area contributed by atoms with Crippen LogP contribution in [0.2, 0.25) is 5.02 Å². The molecular weight excluding hydrogens is 346 g/mol. The van der Waals surface area contributed by atoms with Gasteiger partial charge in [0, 0.05) is 32.2 Å². The number of aromatic nitrogens is 4. The van der Waals surface area contributed by atoms with E-state index < -0.39 is 5.97 Å². The zero-order chi connectivity index (χ0) is 17.6. The number of halogens is 1. The molecule has 0 spiro atoms. The lowest BCUT2D eigenvalue weighted by Crippen LogP contribution is -2.26. The number of rotatable bonds is 5. The fraction of sp³-hybridized carbons (Fsp3) is 0.500. The molecule has 3 heterocycles. The van der Waals surface area contributed by atoms with Gasteiger partial charge in [-0.15, -0.1) is 0 Å². The van der Waals surface area contributed by atoms with Crippen LogP contribution >= 0.6 is 11.6 Å². The van der Waals surface area contributed by atoms with E-state index in [2.05, 4.69) is 20.2 Å². The molecule has 2 aliphatic rings. The number of ether oxygens (including phenoxy) is 1. The number of nitrogens with zero attached hydrogens (tertiary/aromatic N) is 4. The Morgan fingerprint density at radius 2 is 2.28 bits per heavy atom. The Hall–Kier alpha value is -2.19. The Morgan fingerprint density at radius 3 is 2.92 bits per heavy atom. The second-order valence-electron chi connectivity index (χ2n) is 6.45.